The largest absolute Gasteiger partial charge is 0.456 e. The van der Waals surface area contributed by atoms with E-state index in [2.05, 4.69) is 5.32 Å². The quantitative estimate of drug-likeness (QED) is 0.708. The van der Waals surface area contributed by atoms with Gasteiger partial charge < -0.3 is 10.1 Å². The molecule has 26 heavy (non-hydrogen) atoms. The Labute approximate surface area is 150 Å². The molecule has 0 saturated carbocycles. The second kappa shape index (κ2) is 8.54. The molecule has 0 aliphatic rings. The number of nitrogens with one attached hydrogen (secondary N) is 1. The lowest BCUT2D eigenvalue weighted by molar-refractivity contribution is -0.147. The molecule has 7 nitrogen and oxygen atoms in total. The van der Waals surface area contributed by atoms with Gasteiger partial charge in [0.15, 0.2) is 6.61 Å². The summed E-state index contributed by atoms with van der Waals surface area (Å²) in [5.74, 6) is -1.56. The number of benzene rings is 2. The highest BCUT2D eigenvalue weighted by molar-refractivity contribution is 7.89. The molecule has 0 unspecified atom stereocenters. The third kappa shape index (κ3) is 6.26. The number of primary sulfonamides is 1. The van der Waals surface area contributed by atoms with E-state index in [1.54, 1.807) is 12.1 Å². The molecule has 138 valence electrons. The van der Waals surface area contributed by atoms with Gasteiger partial charge in [0.1, 0.15) is 5.82 Å². The molecule has 0 aromatic heterocycles. The van der Waals surface area contributed by atoms with Gasteiger partial charge in [0.05, 0.1) is 4.90 Å². The number of ether oxygens (including phenoxy) is 1. The third-order valence-corrected chi connectivity index (χ3v) is 4.25. The minimum Gasteiger partial charge on any atom is -0.456 e. The van der Waals surface area contributed by atoms with E-state index in [0.29, 0.717) is 6.42 Å². The molecule has 0 radical (unpaired) electrons. The standard InChI is InChI=1S/C17H17FN2O5S/c18-13-7-4-12(5-8-13)6-9-17(22)25-11-16(21)20-14-2-1-3-15(10-14)26(19,23)24/h1-5,7-8,10H,6,9,11H2,(H,20,21)(H2,19,23,24). The van der Waals surface area contributed by atoms with Crippen molar-refractivity contribution in [2.24, 2.45) is 5.14 Å². The summed E-state index contributed by atoms with van der Waals surface area (Å²) in [6.07, 6.45) is 0.400. The van der Waals surface area contributed by atoms with Crippen LogP contribution in [0.4, 0.5) is 10.1 Å². The zero-order chi connectivity index (χ0) is 19.2. The number of halogens is 1. The van der Waals surface area contributed by atoms with E-state index >= 15 is 0 Å². The van der Waals surface area contributed by atoms with Gasteiger partial charge in [-0.1, -0.05) is 18.2 Å². The Morgan fingerprint density at radius 2 is 1.81 bits per heavy atom. The summed E-state index contributed by atoms with van der Waals surface area (Å²) < 4.78 is 40.2. The Bertz CT molecular complexity index is 898. The van der Waals surface area contributed by atoms with E-state index in [9.17, 15) is 22.4 Å². The summed E-state index contributed by atoms with van der Waals surface area (Å²) in [4.78, 5) is 23.3. The highest BCUT2D eigenvalue weighted by Crippen LogP contribution is 2.14. The number of carbonyl (C=O) groups excluding carboxylic acids is 2. The lowest BCUT2D eigenvalue weighted by Crippen LogP contribution is -2.21. The average molecular weight is 380 g/mol. The molecule has 9 heteroatoms. The molecule has 0 atom stereocenters. The molecule has 0 spiro atoms. The summed E-state index contributed by atoms with van der Waals surface area (Å²) >= 11 is 0. The molecule has 0 heterocycles. The Kier molecular flexibility index (Phi) is 6.42. The fourth-order valence-electron chi connectivity index (χ4n) is 2.06. The van der Waals surface area contributed by atoms with E-state index in [0.717, 1.165) is 5.56 Å². The van der Waals surface area contributed by atoms with Gasteiger partial charge in [-0.15, -0.1) is 0 Å². The summed E-state index contributed by atoms with van der Waals surface area (Å²) in [6.45, 7) is -0.512. The van der Waals surface area contributed by atoms with Crippen molar-refractivity contribution in [3.8, 4) is 0 Å². The van der Waals surface area contributed by atoms with E-state index in [1.807, 2.05) is 0 Å². The lowest BCUT2D eigenvalue weighted by Gasteiger charge is -2.08. The van der Waals surface area contributed by atoms with Crippen molar-refractivity contribution in [1.29, 1.82) is 0 Å². The number of esters is 1. The van der Waals surface area contributed by atoms with E-state index in [-0.39, 0.29) is 22.8 Å². The van der Waals surface area contributed by atoms with Crippen LogP contribution in [0.1, 0.15) is 12.0 Å². The van der Waals surface area contributed by atoms with E-state index < -0.39 is 28.5 Å². The number of aryl methyl sites for hydroxylation is 1. The minimum atomic E-state index is -3.88. The second-order valence-corrected chi connectivity index (χ2v) is 6.97. The molecule has 1 amide bonds. The maximum Gasteiger partial charge on any atom is 0.306 e. The molecular weight excluding hydrogens is 363 g/mol. The maximum atomic E-state index is 12.8. The van der Waals surface area contributed by atoms with Crippen LogP contribution >= 0.6 is 0 Å². The number of hydrogen-bond acceptors (Lipinski definition) is 5. The topological polar surface area (TPSA) is 116 Å². The second-order valence-electron chi connectivity index (χ2n) is 5.41. The van der Waals surface area contributed by atoms with Gasteiger partial charge in [-0.3, -0.25) is 9.59 Å². The SMILES string of the molecule is NS(=O)(=O)c1cccc(NC(=O)COC(=O)CCc2ccc(F)cc2)c1. The molecule has 3 N–H and O–H groups in total. The van der Waals surface area contributed by atoms with Crippen LogP contribution in [0, 0.1) is 5.82 Å². The Balaban J connectivity index is 1.79. The number of anilines is 1. The van der Waals surface area contributed by atoms with Crippen LogP contribution in [-0.2, 0) is 30.8 Å². The van der Waals surface area contributed by atoms with Gasteiger partial charge in [-0.05, 0) is 42.3 Å². The highest BCUT2D eigenvalue weighted by atomic mass is 32.2. The van der Waals surface area contributed by atoms with Crippen molar-refractivity contribution in [1.82, 2.24) is 0 Å². The van der Waals surface area contributed by atoms with Gasteiger partial charge >= 0.3 is 5.97 Å². The lowest BCUT2D eigenvalue weighted by atomic mass is 10.1. The molecular formula is C17H17FN2O5S. The van der Waals surface area contributed by atoms with Gasteiger partial charge in [-0.2, -0.15) is 0 Å². The molecule has 0 fully saturated rings. The van der Waals surface area contributed by atoms with Crippen molar-refractivity contribution >= 4 is 27.6 Å². The van der Waals surface area contributed by atoms with Crippen molar-refractivity contribution in [3.05, 3.63) is 59.9 Å². The first-order valence-corrected chi connectivity index (χ1v) is 9.11. The Morgan fingerprint density at radius 3 is 2.46 bits per heavy atom. The van der Waals surface area contributed by atoms with Crippen molar-refractivity contribution in [3.63, 3.8) is 0 Å². The molecule has 2 aromatic rings. The predicted octanol–water partition coefficient (Wildman–Crippen LogP) is 1.59. The highest BCUT2D eigenvalue weighted by Gasteiger charge is 2.11. The van der Waals surface area contributed by atoms with Crippen molar-refractivity contribution in [2.45, 2.75) is 17.7 Å². The monoisotopic (exact) mass is 380 g/mol. The predicted molar refractivity (Wildman–Crippen MR) is 92.1 cm³/mol. The summed E-state index contributed by atoms with van der Waals surface area (Å²) in [6, 6.07) is 11.1. The average Bonchev–Trinajstić information content (AvgIpc) is 2.59. The molecule has 0 aliphatic heterocycles. The van der Waals surface area contributed by atoms with Crippen LogP contribution in [0.2, 0.25) is 0 Å². The molecule has 0 saturated heterocycles. The smallest absolute Gasteiger partial charge is 0.306 e. The van der Waals surface area contributed by atoms with Crippen LogP contribution in [0.5, 0.6) is 0 Å². The first kappa shape index (κ1) is 19.5. The fraction of sp³-hybridized carbons (Fsp3) is 0.176. The fourth-order valence-corrected chi connectivity index (χ4v) is 2.62. The molecule has 2 aromatic carbocycles. The molecule has 2 rings (SSSR count). The van der Waals surface area contributed by atoms with Crippen molar-refractivity contribution < 1.29 is 27.1 Å². The van der Waals surface area contributed by atoms with Gasteiger partial charge in [0, 0.05) is 12.1 Å². The summed E-state index contributed by atoms with van der Waals surface area (Å²) in [5, 5.41) is 7.43. The number of rotatable bonds is 7. The normalized spacial score (nSPS) is 11.0. The van der Waals surface area contributed by atoms with Gasteiger partial charge in [0.2, 0.25) is 10.0 Å². The van der Waals surface area contributed by atoms with Crippen LogP contribution in [0.3, 0.4) is 0 Å². The Hall–Kier alpha value is -2.78. The number of amides is 1. The van der Waals surface area contributed by atoms with Crippen LogP contribution in [0.15, 0.2) is 53.4 Å². The zero-order valence-electron chi connectivity index (χ0n) is 13.6. The van der Waals surface area contributed by atoms with Crippen molar-refractivity contribution in [2.75, 3.05) is 11.9 Å². The third-order valence-electron chi connectivity index (χ3n) is 3.34. The Morgan fingerprint density at radius 1 is 1.12 bits per heavy atom. The van der Waals surface area contributed by atoms with Crippen LogP contribution < -0.4 is 10.5 Å². The number of hydrogen-bond donors (Lipinski definition) is 2. The first-order valence-electron chi connectivity index (χ1n) is 7.57. The summed E-state index contributed by atoms with van der Waals surface area (Å²) in [5.41, 5.74) is 0.983. The maximum absolute atomic E-state index is 12.8. The first-order chi connectivity index (χ1) is 12.2. The van der Waals surface area contributed by atoms with E-state index in [4.69, 9.17) is 9.88 Å². The summed E-state index contributed by atoms with van der Waals surface area (Å²) in [7, 11) is -3.88. The zero-order valence-corrected chi connectivity index (χ0v) is 14.5. The molecule has 0 bridgehead atoms. The minimum absolute atomic E-state index is 0.0415. The molecule has 0 aliphatic carbocycles. The van der Waals surface area contributed by atoms with Crippen LogP contribution in [-0.4, -0.2) is 26.9 Å². The number of carbonyl (C=O) groups is 2. The van der Waals surface area contributed by atoms with Gasteiger partial charge in [0.25, 0.3) is 5.91 Å². The van der Waals surface area contributed by atoms with Crippen LogP contribution in [0.25, 0.3) is 0 Å². The number of sulfonamides is 1. The van der Waals surface area contributed by atoms with Gasteiger partial charge in [-0.25, -0.2) is 17.9 Å². The van der Waals surface area contributed by atoms with E-state index in [1.165, 1.54) is 36.4 Å². The number of nitrogens with two attached hydrogens (primary N) is 1.